The number of aliphatic hydroxyl groups excluding tert-OH is 1. The van der Waals surface area contributed by atoms with Crippen molar-refractivity contribution in [1.82, 2.24) is 9.55 Å². The highest BCUT2D eigenvalue weighted by atomic mass is 32.1. The van der Waals surface area contributed by atoms with Crippen molar-refractivity contribution >= 4 is 47.9 Å². The first kappa shape index (κ1) is 26.0. The molecule has 0 aromatic carbocycles. The third-order valence-corrected chi connectivity index (χ3v) is 8.07. The van der Waals surface area contributed by atoms with Crippen LogP contribution in [0.15, 0.2) is 6.20 Å². The number of phosphoric acid groups is 3. The Hall–Kier alpha value is -0.220. The standard InChI is InChI=1S/C10H16FN2O12P3S2/c1-4-2-13(10(30)12-8(4)29)9-6(11)7(14)5(23-9)3-22-27(18,19)25-28(20,21)24-26(15,16)17/h2,5-7,9,14H,3H2,1H3,(H,18,19)(H,20,21)(H,12,29,30)(H2,15,16,17)/t5-,6+,7?,9-/m0/s1. The summed E-state index contributed by atoms with van der Waals surface area (Å²) < 4.78 is 66.2. The molecule has 1 aromatic rings. The summed E-state index contributed by atoms with van der Waals surface area (Å²) in [5, 5.41) is 9.98. The van der Waals surface area contributed by atoms with Gasteiger partial charge in [0.25, 0.3) is 0 Å². The van der Waals surface area contributed by atoms with Crippen molar-refractivity contribution in [1.29, 1.82) is 0 Å². The molecule has 1 aliphatic rings. The molecule has 0 radical (unpaired) electrons. The Kier molecular flexibility index (Phi) is 8.10. The maximum Gasteiger partial charge on any atom is 0.490 e. The molecular formula is C10H16FN2O12P3S2. The maximum atomic E-state index is 14.5. The normalized spacial score (nSPS) is 28.8. The van der Waals surface area contributed by atoms with Gasteiger partial charge >= 0.3 is 23.5 Å². The summed E-state index contributed by atoms with van der Waals surface area (Å²) in [6.45, 7) is 0.590. The van der Waals surface area contributed by atoms with E-state index in [4.69, 9.17) is 43.9 Å². The second kappa shape index (κ2) is 9.33. The minimum Gasteiger partial charge on any atom is -0.387 e. The number of hydrogen-bond donors (Lipinski definition) is 6. The molecule has 1 aromatic heterocycles. The van der Waals surface area contributed by atoms with Gasteiger partial charge < -0.3 is 34.4 Å². The van der Waals surface area contributed by atoms with Crippen LogP contribution in [0.1, 0.15) is 11.8 Å². The maximum absolute atomic E-state index is 14.5. The molecule has 0 bridgehead atoms. The van der Waals surface area contributed by atoms with Crippen LogP contribution in [0.25, 0.3) is 0 Å². The van der Waals surface area contributed by atoms with Crippen molar-refractivity contribution in [3.05, 3.63) is 21.2 Å². The van der Waals surface area contributed by atoms with E-state index in [2.05, 4.69) is 18.1 Å². The molecule has 0 saturated carbocycles. The Balaban J connectivity index is 2.09. The fourth-order valence-corrected chi connectivity index (χ4v) is 5.81. The van der Waals surface area contributed by atoms with Crippen LogP contribution in [0.4, 0.5) is 4.39 Å². The zero-order valence-corrected chi connectivity index (χ0v) is 19.0. The number of aromatic amines is 1. The van der Waals surface area contributed by atoms with E-state index in [0.29, 0.717) is 10.2 Å². The number of alkyl halides is 1. The highest BCUT2D eigenvalue weighted by molar-refractivity contribution is 7.72. The zero-order chi connectivity index (χ0) is 23.1. The lowest BCUT2D eigenvalue weighted by atomic mass is 10.1. The average molecular weight is 532 g/mol. The molecule has 0 aliphatic carbocycles. The van der Waals surface area contributed by atoms with Gasteiger partial charge in [-0.3, -0.25) is 9.09 Å². The van der Waals surface area contributed by atoms with Gasteiger partial charge in [0.05, 0.1) is 6.61 Å². The minimum atomic E-state index is -5.71. The summed E-state index contributed by atoms with van der Waals surface area (Å²) in [5.74, 6) is 0. The van der Waals surface area contributed by atoms with Gasteiger partial charge in [-0.2, -0.15) is 8.62 Å². The van der Waals surface area contributed by atoms with Crippen molar-refractivity contribution < 1.29 is 60.6 Å². The molecule has 0 spiro atoms. The molecule has 30 heavy (non-hydrogen) atoms. The molecule has 20 heteroatoms. The van der Waals surface area contributed by atoms with Gasteiger partial charge in [-0.25, -0.2) is 18.1 Å². The molecule has 6 atom stereocenters. The number of nitrogens with one attached hydrogen (secondary N) is 1. The van der Waals surface area contributed by atoms with Crippen LogP contribution < -0.4 is 0 Å². The SMILES string of the molecule is Cc1cn([C@H]2O[C@@H](COP(=O)(O)OP(=O)(O)OP(=O)(O)O)C(O)[C@H]2F)c(=S)[nH]c1=S. The third kappa shape index (κ3) is 6.89. The first-order valence-electron chi connectivity index (χ1n) is 7.59. The Morgan fingerprint density at radius 1 is 1.20 bits per heavy atom. The van der Waals surface area contributed by atoms with Crippen molar-refractivity contribution in [2.75, 3.05) is 6.61 Å². The number of H-pyrrole nitrogens is 1. The molecule has 14 nitrogen and oxygen atoms in total. The largest absolute Gasteiger partial charge is 0.490 e. The van der Waals surface area contributed by atoms with Gasteiger partial charge in [-0.05, 0) is 19.1 Å². The summed E-state index contributed by atoms with van der Waals surface area (Å²) in [6.07, 6.45) is -5.58. The quantitative estimate of drug-likeness (QED) is 0.207. The predicted molar refractivity (Wildman–Crippen MR) is 99.8 cm³/mol. The summed E-state index contributed by atoms with van der Waals surface area (Å²) in [4.78, 5) is 38.1. The molecule has 172 valence electrons. The van der Waals surface area contributed by atoms with E-state index in [0.717, 1.165) is 4.57 Å². The minimum absolute atomic E-state index is 0.0287. The molecule has 1 saturated heterocycles. The van der Waals surface area contributed by atoms with Crippen LogP contribution in [0, 0.1) is 16.3 Å². The Bertz CT molecular complexity index is 1060. The zero-order valence-electron chi connectivity index (χ0n) is 14.7. The average Bonchev–Trinajstić information content (AvgIpc) is 2.81. The van der Waals surface area contributed by atoms with Crippen LogP contribution in [0.2, 0.25) is 0 Å². The number of rotatable bonds is 8. The molecule has 1 fully saturated rings. The van der Waals surface area contributed by atoms with E-state index in [1.54, 1.807) is 6.92 Å². The van der Waals surface area contributed by atoms with Crippen LogP contribution >= 0.6 is 47.9 Å². The number of aryl methyl sites for hydroxylation is 1. The van der Waals surface area contributed by atoms with E-state index < -0.39 is 54.7 Å². The summed E-state index contributed by atoms with van der Waals surface area (Å²) in [5.41, 5.74) is 0.514. The fraction of sp³-hybridized carbons (Fsp3) is 0.600. The number of phosphoric ester groups is 1. The van der Waals surface area contributed by atoms with E-state index in [9.17, 15) is 28.1 Å². The van der Waals surface area contributed by atoms with E-state index in [-0.39, 0.29) is 4.77 Å². The van der Waals surface area contributed by atoms with Crippen LogP contribution in [0.5, 0.6) is 0 Å². The van der Waals surface area contributed by atoms with E-state index in [1.807, 2.05) is 0 Å². The molecule has 0 amide bonds. The van der Waals surface area contributed by atoms with Crippen molar-refractivity contribution in [3.63, 3.8) is 0 Å². The first-order chi connectivity index (χ1) is 13.5. The lowest BCUT2D eigenvalue weighted by Gasteiger charge is -2.19. The molecular weight excluding hydrogens is 516 g/mol. The Morgan fingerprint density at radius 3 is 2.37 bits per heavy atom. The fourth-order valence-electron chi connectivity index (χ4n) is 2.31. The Labute approximate surface area is 177 Å². The molecule has 2 heterocycles. The van der Waals surface area contributed by atoms with Gasteiger partial charge in [0.1, 0.15) is 16.8 Å². The smallest absolute Gasteiger partial charge is 0.387 e. The molecule has 1 aliphatic heterocycles. The van der Waals surface area contributed by atoms with Gasteiger partial charge in [0.15, 0.2) is 17.2 Å². The second-order valence-electron chi connectivity index (χ2n) is 5.87. The predicted octanol–water partition coefficient (Wildman–Crippen LogP) is 1.52. The second-order valence-corrected chi connectivity index (χ2v) is 11.1. The number of ether oxygens (including phenoxy) is 1. The number of hydrogen-bond acceptors (Lipinski definition) is 10. The highest BCUT2D eigenvalue weighted by Gasteiger charge is 2.47. The highest BCUT2D eigenvalue weighted by Crippen LogP contribution is 2.66. The van der Waals surface area contributed by atoms with Gasteiger partial charge in [0.2, 0.25) is 0 Å². The lowest BCUT2D eigenvalue weighted by Crippen LogP contribution is -2.31. The van der Waals surface area contributed by atoms with E-state index >= 15 is 0 Å². The van der Waals surface area contributed by atoms with Crippen LogP contribution in [-0.2, 0) is 31.6 Å². The van der Waals surface area contributed by atoms with Crippen LogP contribution in [-0.4, -0.2) is 59.2 Å². The van der Waals surface area contributed by atoms with Crippen LogP contribution in [0.3, 0.4) is 0 Å². The molecule has 2 rings (SSSR count). The number of aliphatic hydroxyl groups is 1. The molecule has 6 N–H and O–H groups in total. The van der Waals surface area contributed by atoms with Crippen molar-refractivity contribution in [3.8, 4) is 0 Å². The van der Waals surface area contributed by atoms with Gasteiger partial charge in [-0.1, -0.05) is 12.2 Å². The van der Waals surface area contributed by atoms with E-state index in [1.165, 1.54) is 6.20 Å². The topological polar surface area (TPSA) is 210 Å². The summed E-state index contributed by atoms with van der Waals surface area (Å²) in [7, 11) is -16.7. The summed E-state index contributed by atoms with van der Waals surface area (Å²) >= 11 is 10.0. The molecule has 3 unspecified atom stereocenters. The first-order valence-corrected chi connectivity index (χ1v) is 12.9. The third-order valence-electron chi connectivity index (χ3n) is 3.53. The Morgan fingerprint density at radius 2 is 1.80 bits per heavy atom. The van der Waals surface area contributed by atoms with Gasteiger partial charge in [-0.15, -0.1) is 0 Å². The van der Waals surface area contributed by atoms with Crippen molar-refractivity contribution in [2.45, 2.75) is 31.5 Å². The van der Waals surface area contributed by atoms with Gasteiger partial charge in [0, 0.05) is 11.8 Å². The summed E-state index contributed by atoms with van der Waals surface area (Å²) in [6, 6.07) is 0. The van der Waals surface area contributed by atoms with Crippen molar-refractivity contribution in [2.24, 2.45) is 0 Å². The number of nitrogens with zero attached hydrogens (tertiary/aromatic N) is 1. The number of aromatic nitrogens is 2. The lowest BCUT2D eigenvalue weighted by molar-refractivity contribution is -0.0475. The number of halogens is 1. The monoisotopic (exact) mass is 532 g/mol.